The van der Waals surface area contributed by atoms with Crippen molar-refractivity contribution in [3.05, 3.63) is 11.6 Å². The van der Waals surface area contributed by atoms with Crippen LogP contribution in [0.2, 0.25) is 0 Å². The van der Waals surface area contributed by atoms with Gasteiger partial charge in [0.2, 0.25) is 0 Å². The summed E-state index contributed by atoms with van der Waals surface area (Å²) in [5, 5.41) is 67.2. The molecule has 6 N–H and O–H groups in total. The van der Waals surface area contributed by atoms with Crippen LogP contribution in [0.15, 0.2) is 11.6 Å². The third kappa shape index (κ3) is 1.69. The summed E-state index contributed by atoms with van der Waals surface area (Å²) in [5.41, 5.74) is -7.92. The van der Waals surface area contributed by atoms with E-state index in [1.807, 2.05) is 0 Å². The first-order valence-electron chi connectivity index (χ1n) is 10.00. The van der Waals surface area contributed by atoms with Crippen LogP contribution in [0.3, 0.4) is 0 Å². The Balaban J connectivity index is 1.86. The van der Waals surface area contributed by atoms with E-state index in [9.17, 15) is 40.2 Å². The molecule has 0 aromatic heterocycles. The first-order chi connectivity index (χ1) is 13.7. The minimum atomic E-state index is -2.68. The van der Waals surface area contributed by atoms with Crippen molar-refractivity contribution in [2.75, 3.05) is 6.61 Å². The maximum Gasteiger partial charge on any atom is 0.338 e. The van der Waals surface area contributed by atoms with Crippen LogP contribution in [0.4, 0.5) is 0 Å². The Morgan fingerprint density at radius 3 is 2.33 bits per heavy atom. The van der Waals surface area contributed by atoms with Crippen LogP contribution in [0.5, 0.6) is 0 Å². The standard InChI is InChI=1S/C20H26O10/c1-7-4-9(21)11(22)16(2)8(7)5-10-18-6-29-19(27,14(16)18)15(25)17(3,26)20(18,28)12(23)13(24)30-10/h4,8,10-12,14-15,22-23,25-28H,5-6H2,1-3H3. The predicted octanol–water partition coefficient (Wildman–Crippen LogP) is -2.63. The lowest BCUT2D eigenvalue weighted by molar-refractivity contribution is -0.409. The Bertz CT molecular complexity index is 898. The molecule has 30 heavy (non-hydrogen) atoms. The van der Waals surface area contributed by atoms with E-state index < -0.39 is 82.4 Å². The summed E-state index contributed by atoms with van der Waals surface area (Å²) in [4.78, 5) is 25.1. The molecule has 5 aliphatic rings. The number of aliphatic hydroxyl groups excluding tert-OH is 3. The fourth-order valence-corrected chi connectivity index (χ4v) is 7.62. The second kappa shape index (κ2) is 5.32. The molecular weight excluding hydrogens is 400 g/mol. The van der Waals surface area contributed by atoms with E-state index in [4.69, 9.17) is 9.47 Å². The number of hydrogen-bond acceptors (Lipinski definition) is 10. The van der Waals surface area contributed by atoms with Gasteiger partial charge >= 0.3 is 5.97 Å². The Hall–Kier alpha value is -1.40. The Morgan fingerprint density at radius 1 is 1.07 bits per heavy atom. The summed E-state index contributed by atoms with van der Waals surface area (Å²) in [7, 11) is 0. The molecule has 0 radical (unpaired) electrons. The molecule has 1 spiro atoms. The zero-order valence-corrected chi connectivity index (χ0v) is 16.8. The minimum Gasteiger partial charge on any atom is -0.460 e. The molecule has 3 aliphatic carbocycles. The molecule has 2 aliphatic heterocycles. The average molecular weight is 426 g/mol. The lowest BCUT2D eigenvalue weighted by Gasteiger charge is -2.71. The van der Waals surface area contributed by atoms with Gasteiger partial charge in [-0.25, -0.2) is 4.79 Å². The summed E-state index contributed by atoms with van der Waals surface area (Å²) in [6.45, 7) is 3.77. The molecule has 10 heteroatoms. The van der Waals surface area contributed by atoms with Gasteiger partial charge in [0.1, 0.15) is 29.5 Å². The average Bonchev–Trinajstić information content (AvgIpc) is 2.99. The maximum absolute atomic E-state index is 12.6. The van der Waals surface area contributed by atoms with Crippen LogP contribution in [0.1, 0.15) is 27.2 Å². The topological polar surface area (TPSA) is 174 Å². The molecule has 10 nitrogen and oxygen atoms in total. The second-order valence-electron chi connectivity index (χ2n) is 10.0. The van der Waals surface area contributed by atoms with Gasteiger partial charge in [0.15, 0.2) is 17.7 Å². The minimum absolute atomic E-state index is 0.0616. The quantitative estimate of drug-likeness (QED) is 0.225. The Labute approximate surface area is 171 Å². The van der Waals surface area contributed by atoms with Crippen molar-refractivity contribution in [2.24, 2.45) is 22.7 Å². The van der Waals surface area contributed by atoms with Crippen LogP contribution in [0, 0.1) is 22.7 Å². The van der Waals surface area contributed by atoms with Gasteiger partial charge < -0.3 is 40.1 Å². The molecule has 5 rings (SSSR count). The highest BCUT2D eigenvalue weighted by Gasteiger charge is 2.91. The SMILES string of the molecule is CC1=CC(=O)C(O)C2(C)C1CC1OC(=O)C(O)C3(O)C(C)(O)C(O)C4(O)OCC13C42. The second-order valence-corrected chi connectivity index (χ2v) is 10.0. The van der Waals surface area contributed by atoms with Gasteiger partial charge in [-0.2, -0.15) is 0 Å². The molecule has 166 valence electrons. The molecule has 11 atom stereocenters. The van der Waals surface area contributed by atoms with E-state index in [1.165, 1.54) is 6.08 Å². The van der Waals surface area contributed by atoms with Crippen molar-refractivity contribution in [1.82, 2.24) is 0 Å². The van der Waals surface area contributed by atoms with Crippen molar-refractivity contribution >= 4 is 11.8 Å². The number of esters is 1. The molecule has 2 saturated heterocycles. The third-order valence-corrected chi connectivity index (χ3v) is 8.93. The number of carbonyl (C=O) groups is 2. The summed E-state index contributed by atoms with van der Waals surface area (Å²) >= 11 is 0. The zero-order chi connectivity index (χ0) is 22.2. The highest BCUT2D eigenvalue weighted by molar-refractivity contribution is 5.96. The molecule has 2 bridgehead atoms. The van der Waals surface area contributed by atoms with Crippen molar-refractivity contribution in [2.45, 2.75) is 68.6 Å². The highest BCUT2D eigenvalue weighted by atomic mass is 16.7. The van der Waals surface area contributed by atoms with Crippen LogP contribution >= 0.6 is 0 Å². The summed E-state index contributed by atoms with van der Waals surface area (Å²) in [5.74, 6) is -6.18. The Morgan fingerprint density at radius 2 is 1.70 bits per heavy atom. The van der Waals surface area contributed by atoms with Crippen LogP contribution in [0.25, 0.3) is 0 Å². The lowest BCUT2D eigenvalue weighted by atomic mass is 9.36. The number of carbonyl (C=O) groups excluding carboxylic acids is 2. The van der Waals surface area contributed by atoms with E-state index >= 15 is 0 Å². The van der Waals surface area contributed by atoms with Gasteiger partial charge in [-0.05, 0) is 32.3 Å². The van der Waals surface area contributed by atoms with Gasteiger partial charge in [-0.1, -0.05) is 12.5 Å². The number of ketones is 1. The summed E-state index contributed by atoms with van der Waals surface area (Å²) in [6.07, 6.45) is -5.79. The monoisotopic (exact) mass is 426 g/mol. The number of rotatable bonds is 0. The fraction of sp³-hybridized carbons (Fsp3) is 0.800. The molecule has 0 aromatic carbocycles. The smallest absolute Gasteiger partial charge is 0.338 e. The van der Waals surface area contributed by atoms with Crippen molar-refractivity contribution in [3.8, 4) is 0 Å². The fourth-order valence-electron chi connectivity index (χ4n) is 7.62. The molecule has 2 saturated carbocycles. The normalized spacial score (nSPS) is 61.7. The maximum atomic E-state index is 12.6. The molecule has 11 unspecified atom stereocenters. The number of ether oxygens (including phenoxy) is 2. The molecule has 0 amide bonds. The van der Waals surface area contributed by atoms with E-state index in [0.29, 0.717) is 5.57 Å². The zero-order valence-electron chi connectivity index (χ0n) is 16.8. The van der Waals surface area contributed by atoms with Gasteiger partial charge in [0.25, 0.3) is 0 Å². The molecule has 4 fully saturated rings. The first kappa shape index (κ1) is 20.5. The molecule has 2 heterocycles. The number of aliphatic hydroxyl groups is 6. The van der Waals surface area contributed by atoms with E-state index in [-0.39, 0.29) is 6.42 Å². The molecular formula is C20H26O10. The van der Waals surface area contributed by atoms with Crippen LogP contribution in [-0.2, 0) is 19.1 Å². The lowest BCUT2D eigenvalue weighted by Crippen LogP contribution is -2.89. The highest BCUT2D eigenvalue weighted by Crippen LogP contribution is 2.75. The van der Waals surface area contributed by atoms with Gasteiger partial charge in [-0.15, -0.1) is 0 Å². The third-order valence-electron chi connectivity index (χ3n) is 8.93. The number of fused-ring (bicyclic) bond motifs is 1. The van der Waals surface area contributed by atoms with Gasteiger partial charge in [0.05, 0.1) is 12.0 Å². The van der Waals surface area contributed by atoms with Crippen molar-refractivity contribution < 1.29 is 49.7 Å². The molecule has 0 aromatic rings. The van der Waals surface area contributed by atoms with Crippen LogP contribution in [-0.4, -0.2) is 90.4 Å². The van der Waals surface area contributed by atoms with Gasteiger partial charge in [0, 0.05) is 11.3 Å². The van der Waals surface area contributed by atoms with E-state index in [0.717, 1.165) is 6.92 Å². The summed E-state index contributed by atoms with van der Waals surface area (Å²) < 4.78 is 11.1. The summed E-state index contributed by atoms with van der Waals surface area (Å²) in [6, 6.07) is 0. The largest absolute Gasteiger partial charge is 0.460 e. The van der Waals surface area contributed by atoms with Gasteiger partial charge in [-0.3, -0.25) is 4.79 Å². The Kier molecular flexibility index (Phi) is 3.63. The number of allylic oxidation sites excluding steroid dienone is 1. The van der Waals surface area contributed by atoms with Crippen LogP contribution < -0.4 is 0 Å². The van der Waals surface area contributed by atoms with E-state index in [1.54, 1.807) is 13.8 Å². The first-order valence-corrected chi connectivity index (χ1v) is 10.00. The van der Waals surface area contributed by atoms with Crippen molar-refractivity contribution in [3.63, 3.8) is 0 Å². The van der Waals surface area contributed by atoms with Crippen molar-refractivity contribution in [1.29, 1.82) is 0 Å². The predicted molar refractivity (Wildman–Crippen MR) is 95.3 cm³/mol. The number of hydrogen-bond donors (Lipinski definition) is 6. The van der Waals surface area contributed by atoms with E-state index in [2.05, 4.69) is 0 Å².